The predicted molar refractivity (Wildman–Crippen MR) is 148 cm³/mol. The number of hydrogen-bond acceptors (Lipinski definition) is 2. The molecule has 1 atom stereocenters. The fourth-order valence-corrected chi connectivity index (χ4v) is 6.58. The van der Waals surface area contributed by atoms with Crippen LogP contribution in [0.3, 0.4) is 0 Å². The maximum atomic E-state index is 14.5. The van der Waals surface area contributed by atoms with Gasteiger partial charge in [0.2, 0.25) is 0 Å². The van der Waals surface area contributed by atoms with E-state index in [1.165, 1.54) is 27.8 Å². The highest BCUT2D eigenvalue weighted by atomic mass is 16.2. The lowest BCUT2D eigenvalue weighted by atomic mass is 9.67. The molecule has 1 N–H and O–H groups in total. The first-order valence-electron chi connectivity index (χ1n) is 13.2. The van der Waals surface area contributed by atoms with E-state index in [4.69, 9.17) is 0 Å². The largest absolute Gasteiger partial charge is 0.330 e. The summed E-state index contributed by atoms with van der Waals surface area (Å²) in [4.78, 5) is 16.7. The fraction of sp³-hybridized carbons (Fsp3) is 0.303. The standard InChI is InChI=1S/C33H34N2O/c1-23-14-15-26(24(2)20-23)21-31-29-11-5-6-13-30(29)33(16-18-34-19-17-33)22-35(31)32(36)28-12-7-9-25-8-3-4-10-27(25)28/h3-15,20,31,34H,16-19,21-22H2,1-2H3/t31-/m1/s1. The van der Waals surface area contributed by atoms with Gasteiger partial charge in [-0.2, -0.15) is 0 Å². The molecule has 1 amide bonds. The molecule has 4 aromatic carbocycles. The minimum atomic E-state index is 0.000901. The van der Waals surface area contributed by atoms with E-state index in [-0.39, 0.29) is 17.4 Å². The average Bonchev–Trinajstić information content (AvgIpc) is 2.91. The third kappa shape index (κ3) is 3.92. The minimum Gasteiger partial charge on any atom is -0.330 e. The van der Waals surface area contributed by atoms with Crippen LogP contribution in [0.2, 0.25) is 0 Å². The van der Waals surface area contributed by atoms with Crippen LogP contribution in [-0.4, -0.2) is 30.4 Å². The highest BCUT2D eigenvalue weighted by Crippen LogP contribution is 2.46. The summed E-state index contributed by atoms with van der Waals surface area (Å²) in [7, 11) is 0. The highest BCUT2D eigenvalue weighted by Gasteiger charge is 2.45. The van der Waals surface area contributed by atoms with E-state index in [0.29, 0.717) is 0 Å². The SMILES string of the molecule is Cc1ccc(C[C@@H]2c3ccccc3C3(CCNCC3)CN2C(=O)c2cccc3ccccc23)c(C)c1. The van der Waals surface area contributed by atoms with Gasteiger partial charge >= 0.3 is 0 Å². The van der Waals surface area contributed by atoms with Crippen LogP contribution in [0.15, 0.2) is 84.9 Å². The lowest BCUT2D eigenvalue weighted by Crippen LogP contribution is -2.54. The molecule has 0 radical (unpaired) electrons. The molecule has 0 aromatic heterocycles. The number of nitrogens with zero attached hydrogens (tertiary/aromatic N) is 1. The summed E-state index contributed by atoms with van der Waals surface area (Å²) in [6.45, 7) is 7.09. The second-order valence-electron chi connectivity index (χ2n) is 10.7. The van der Waals surface area contributed by atoms with Crippen molar-refractivity contribution in [3.05, 3.63) is 118 Å². The summed E-state index contributed by atoms with van der Waals surface area (Å²) in [6, 6.07) is 30.0. The molecule has 4 aromatic rings. The Balaban J connectivity index is 1.50. The molecule has 2 heterocycles. The first kappa shape index (κ1) is 23.0. The molecule has 3 heteroatoms. The molecule has 2 aliphatic heterocycles. The predicted octanol–water partition coefficient (Wildman–Crippen LogP) is 6.52. The van der Waals surface area contributed by atoms with Gasteiger partial charge in [0, 0.05) is 17.5 Å². The first-order valence-corrected chi connectivity index (χ1v) is 13.2. The molecule has 0 aliphatic carbocycles. The second-order valence-corrected chi connectivity index (χ2v) is 10.7. The maximum Gasteiger partial charge on any atom is 0.255 e. The highest BCUT2D eigenvalue weighted by molar-refractivity contribution is 6.07. The van der Waals surface area contributed by atoms with Crippen molar-refractivity contribution in [2.45, 2.75) is 44.6 Å². The van der Waals surface area contributed by atoms with Crippen LogP contribution >= 0.6 is 0 Å². The van der Waals surface area contributed by atoms with E-state index >= 15 is 0 Å². The number of benzene rings is 4. The number of aryl methyl sites for hydroxylation is 2. The van der Waals surface area contributed by atoms with Crippen molar-refractivity contribution in [2.24, 2.45) is 0 Å². The van der Waals surface area contributed by atoms with E-state index in [9.17, 15) is 4.79 Å². The molecule has 36 heavy (non-hydrogen) atoms. The average molecular weight is 475 g/mol. The maximum absolute atomic E-state index is 14.5. The molecule has 0 unspecified atom stereocenters. The van der Waals surface area contributed by atoms with E-state index in [1.54, 1.807) is 0 Å². The van der Waals surface area contributed by atoms with Crippen molar-refractivity contribution in [1.82, 2.24) is 10.2 Å². The van der Waals surface area contributed by atoms with E-state index < -0.39 is 0 Å². The van der Waals surface area contributed by atoms with Crippen LogP contribution in [0.25, 0.3) is 10.8 Å². The number of hydrogen-bond donors (Lipinski definition) is 1. The zero-order valence-electron chi connectivity index (χ0n) is 21.3. The molecule has 3 nitrogen and oxygen atoms in total. The van der Waals surface area contributed by atoms with Gasteiger partial charge in [0.1, 0.15) is 0 Å². The number of carbonyl (C=O) groups excluding carboxylic acids is 1. The third-order valence-electron chi connectivity index (χ3n) is 8.49. The second kappa shape index (κ2) is 9.22. The zero-order valence-corrected chi connectivity index (χ0v) is 21.3. The van der Waals surface area contributed by atoms with Crippen molar-refractivity contribution < 1.29 is 4.79 Å². The number of carbonyl (C=O) groups is 1. The molecule has 0 bridgehead atoms. The molecular formula is C33H34N2O. The Morgan fingerprint density at radius 2 is 1.67 bits per heavy atom. The lowest BCUT2D eigenvalue weighted by molar-refractivity contribution is 0.0537. The van der Waals surface area contributed by atoms with Crippen LogP contribution in [-0.2, 0) is 11.8 Å². The number of piperidine rings is 1. The molecular weight excluding hydrogens is 440 g/mol. The number of amides is 1. The topological polar surface area (TPSA) is 32.3 Å². The molecule has 0 saturated carbocycles. The summed E-state index contributed by atoms with van der Waals surface area (Å²) in [5.41, 5.74) is 7.47. The normalized spacial score (nSPS) is 18.8. The summed E-state index contributed by atoms with van der Waals surface area (Å²) in [5, 5.41) is 5.70. The van der Waals surface area contributed by atoms with Gasteiger partial charge in [0.25, 0.3) is 5.91 Å². The van der Waals surface area contributed by atoms with Crippen LogP contribution in [0, 0.1) is 13.8 Å². The van der Waals surface area contributed by atoms with Crippen LogP contribution < -0.4 is 5.32 Å². The molecule has 6 rings (SSSR count). The van der Waals surface area contributed by atoms with Gasteiger partial charge in [-0.05, 0) is 85.3 Å². The Labute approximate surface area is 214 Å². The number of fused-ring (bicyclic) bond motifs is 3. The van der Waals surface area contributed by atoms with Gasteiger partial charge < -0.3 is 10.2 Å². The first-order chi connectivity index (χ1) is 17.6. The van der Waals surface area contributed by atoms with Gasteiger partial charge in [-0.15, -0.1) is 0 Å². The Hall–Kier alpha value is -3.43. The molecule has 182 valence electrons. The number of nitrogens with one attached hydrogen (secondary N) is 1. The van der Waals surface area contributed by atoms with Crippen LogP contribution in [0.5, 0.6) is 0 Å². The molecule has 1 saturated heterocycles. The Morgan fingerprint density at radius 1 is 0.917 bits per heavy atom. The fourth-order valence-electron chi connectivity index (χ4n) is 6.58. The third-order valence-corrected chi connectivity index (χ3v) is 8.49. The zero-order chi connectivity index (χ0) is 24.7. The molecule has 1 spiro atoms. The Kier molecular flexibility index (Phi) is 5.89. The minimum absolute atomic E-state index is 0.000901. The summed E-state index contributed by atoms with van der Waals surface area (Å²) < 4.78 is 0. The van der Waals surface area contributed by atoms with E-state index in [0.717, 1.165) is 55.2 Å². The quantitative estimate of drug-likeness (QED) is 0.367. The van der Waals surface area contributed by atoms with E-state index in [1.807, 2.05) is 24.3 Å². The van der Waals surface area contributed by atoms with Gasteiger partial charge in [-0.3, -0.25) is 4.79 Å². The van der Waals surface area contributed by atoms with Crippen molar-refractivity contribution in [2.75, 3.05) is 19.6 Å². The lowest BCUT2D eigenvalue weighted by Gasteiger charge is -2.50. The Bertz CT molecular complexity index is 1430. The molecule has 1 fully saturated rings. The van der Waals surface area contributed by atoms with Crippen LogP contribution in [0.1, 0.15) is 57.1 Å². The van der Waals surface area contributed by atoms with Crippen molar-refractivity contribution in [3.8, 4) is 0 Å². The summed E-state index contributed by atoms with van der Waals surface area (Å²) in [6.07, 6.45) is 2.94. The van der Waals surface area contributed by atoms with Crippen LogP contribution in [0.4, 0.5) is 0 Å². The van der Waals surface area contributed by atoms with E-state index in [2.05, 4.69) is 84.7 Å². The smallest absolute Gasteiger partial charge is 0.255 e. The monoisotopic (exact) mass is 474 g/mol. The van der Waals surface area contributed by atoms with Gasteiger partial charge in [0.15, 0.2) is 0 Å². The van der Waals surface area contributed by atoms with Gasteiger partial charge in [-0.25, -0.2) is 0 Å². The number of rotatable bonds is 3. The summed E-state index contributed by atoms with van der Waals surface area (Å²) >= 11 is 0. The van der Waals surface area contributed by atoms with Gasteiger partial charge in [0.05, 0.1) is 6.04 Å². The van der Waals surface area contributed by atoms with Crippen molar-refractivity contribution in [1.29, 1.82) is 0 Å². The van der Waals surface area contributed by atoms with Crippen molar-refractivity contribution in [3.63, 3.8) is 0 Å². The van der Waals surface area contributed by atoms with Crippen molar-refractivity contribution >= 4 is 16.7 Å². The van der Waals surface area contributed by atoms with Gasteiger partial charge in [-0.1, -0.05) is 84.4 Å². The molecule has 2 aliphatic rings. The summed E-state index contributed by atoms with van der Waals surface area (Å²) in [5.74, 6) is 0.147. The Morgan fingerprint density at radius 3 is 2.50 bits per heavy atom.